The lowest BCUT2D eigenvalue weighted by molar-refractivity contribution is 0.0633. The number of fused-ring (bicyclic) bond motifs is 1. The van der Waals surface area contributed by atoms with Crippen LogP contribution in [0.2, 0.25) is 0 Å². The number of nitrogens with zero attached hydrogens (tertiary/aromatic N) is 5. The highest BCUT2D eigenvalue weighted by atomic mass is 16.2. The lowest BCUT2D eigenvalue weighted by Crippen LogP contribution is -2.42. The van der Waals surface area contributed by atoms with Crippen LogP contribution in [0.25, 0.3) is 5.69 Å². The van der Waals surface area contributed by atoms with Gasteiger partial charge in [0.2, 0.25) is 0 Å². The van der Waals surface area contributed by atoms with E-state index in [1.165, 1.54) is 19.3 Å². The van der Waals surface area contributed by atoms with Crippen molar-refractivity contribution in [2.75, 3.05) is 0 Å². The van der Waals surface area contributed by atoms with Crippen LogP contribution in [-0.2, 0) is 0 Å². The second-order valence-corrected chi connectivity index (χ2v) is 6.71. The van der Waals surface area contributed by atoms with Gasteiger partial charge in [-0.25, -0.2) is 4.68 Å². The molecule has 0 unspecified atom stereocenters. The largest absolute Gasteiger partial charge is 0.333 e. The zero-order valence-electron chi connectivity index (χ0n) is 13.3. The fourth-order valence-electron chi connectivity index (χ4n) is 4.27. The van der Waals surface area contributed by atoms with E-state index in [0.29, 0.717) is 18.0 Å². The minimum atomic E-state index is 0.141. The first kappa shape index (κ1) is 14.4. The van der Waals surface area contributed by atoms with E-state index in [-0.39, 0.29) is 5.91 Å². The number of benzene rings is 1. The maximum absolute atomic E-state index is 13.1. The Hall–Kier alpha value is -2.24. The summed E-state index contributed by atoms with van der Waals surface area (Å²) in [5.41, 5.74) is 1.53. The summed E-state index contributed by atoms with van der Waals surface area (Å²) >= 11 is 0. The molecule has 23 heavy (non-hydrogen) atoms. The average Bonchev–Trinajstić information content (AvgIpc) is 3.21. The zero-order valence-corrected chi connectivity index (χ0v) is 13.3. The Morgan fingerprint density at radius 3 is 2.96 bits per heavy atom. The van der Waals surface area contributed by atoms with Crippen LogP contribution in [0.1, 0.15) is 49.4 Å². The standard InChI is InChI=1S/C17H21N5O/c1-12-9-13-5-2-3-8-16(13)22(12)17(23)14-6-4-7-15(10-14)21-11-18-19-20-21/h4,6-7,10-13,16H,2-3,5,8-9H2,1H3/t12-,13+,16+/m1/s1. The summed E-state index contributed by atoms with van der Waals surface area (Å²) in [6, 6.07) is 8.31. The fourth-order valence-corrected chi connectivity index (χ4v) is 4.27. The van der Waals surface area contributed by atoms with Gasteiger partial charge in [0.15, 0.2) is 0 Å². The molecule has 6 nitrogen and oxygen atoms in total. The van der Waals surface area contributed by atoms with E-state index in [9.17, 15) is 4.79 Å². The average molecular weight is 311 g/mol. The van der Waals surface area contributed by atoms with Crippen molar-refractivity contribution in [2.24, 2.45) is 5.92 Å². The highest BCUT2D eigenvalue weighted by molar-refractivity contribution is 5.95. The molecular weight excluding hydrogens is 290 g/mol. The Labute approximate surface area is 135 Å². The molecule has 0 N–H and O–H groups in total. The Morgan fingerprint density at radius 1 is 1.26 bits per heavy atom. The molecule has 0 bridgehead atoms. The number of tetrazole rings is 1. The van der Waals surface area contributed by atoms with E-state index < -0.39 is 0 Å². The quantitative estimate of drug-likeness (QED) is 0.854. The third-order valence-corrected chi connectivity index (χ3v) is 5.29. The summed E-state index contributed by atoms with van der Waals surface area (Å²) in [5.74, 6) is 0.826. The third kappa shape index (κ3) is 2.52. The van der Waals surface area contributed by atoms with Crippen LogP contribution in [0.4, 0.5) is 0 Å². The molecule has 2 fully saturated rings. The zero-order chi connectivity index (χ0) is 15.8. The Bertz CT molecular complexity index is 699. The molecule has 2 heterocycles. The number of aromatic nitrogens is 4. The maximum atomic E-state index is 13.1. The SMILES string of the molecule is C[C@@H]1C[C@@H]2CCCC[C@@H]2N1C(=O)c1cccc(-n2cnnn2)c1. The van der Waals surface area contributed by atoms with Gasteiger partial charge in [0.05, 0.1) is 5.69 Å². The van der Waals surface area contributed by atoms with Gasteiger partial charge >= 0.3 is 0 Å². The predicted molar refractivity (Wildman–Crippen MR) is 85.1 cm³/mol. The number of carbonyl (C=O) groups excluding carboxylic acids is 1. The second-order valence-electron chi connectivity index (χ2n) is 6.71. The Balaban J connectivity index is 1.62. The molecule has 1 aliphatic heterocycles. The maximum Gasteiger partial charge on any atom is 0.254 e. The van der Waals surface area contributed by atoms with E-state index in [1.54, 1.807) is 11.0 Å². The molecule has 120 valence electrons. The van der Waals surface area contributed by atoms with Crippen LogP contribution in [0.5, 0.6) is 0 Å². The van der Waals surface area contributed by atoms with Gasteiger partial charge in [0.25, 0.3) is 5.91 Å². The first-order valence-electron chi connectivity index (χ1n) is 8.40. The Morgan fingerprint density at radius 2 is 2.13 bits per heavy atom. The number of likely N-dealkylation sites (tertiary alicyclic amines) is 1. The Kier molecular flexibility index (Phi) is 3.59. The highest BCUT2D eigenvalue weighted by Crippen LogP contribution is 2.40. The van der Waals surface area contributed by atoms with Gasteiger partial charge in [0.1, 0.15) is 6.33 Å². The van der Waals surface area contributed by atoms with Crippen molar-refractivity contribution in [3.05, 3.63) is 36.2 Å². The molecule has 1 aromatic heterocycles. The smallest absolute Gasteiger partial charge is 0.254 e. The molecule has 1 aliphatic carbocycles. The number of amides is 1. The summed E-state index contributed by atoms with van der Waals surface area (Å²) < 4.78 is 1.58. The van der Waals surface area contributed by atoms with E-state index in [0.717, 1.165) is 24.1 Å². The summed E-state index contributed by atoms with van der Waals surface area (Å²) in [5, 5.41) is 11.2. The van der Waals surface area contributed by atoms with Crippen LogP contribution >= 0.6 is 0 Å². The molecule has 0 spiro atoms. The van der Waals surface area contributed by atoms with Crippen molar-refractivity contribution in [1.29, 1.82) is 0 Å². The number of hydrogen-bond donors (Lipinski definition) is 0. The minimum absolute atomic E-state index is 0.141. The molecule has 2 aliphatic rings. The summed E-state index contributed by atoms with van der Waals surface area (Å²) in [4.78, 5) is 15.2. The molecule has 1 amide bonds. The van der Waals surface area contributed by atoms with Crippen molar-refractivity contribution in [1.82, 2.24) is 25.1 Å². The van der Waals surface area contributed by atoms with E-state index in [4.69, 9.17) is 0 Å². The molecule has 1 saturated heterocycles. The molecule has 4 rings (SSSR count). The van der Waals surface area contributed by atoms with E-state index >= 15 is 0 Å². The molecule has 0 radical (unpaired) electrons. The van der Waals surface area contributed by atoms with Crippen LogP contribution in [-0.4, -0.2) is 43.1 Å². The summed E-state index contributed by atoms with van der Waals surface area (Å²) in [7, 11) is 0. The molecular formula is C17H21N5O. The number of rotatable bonds is 2. The van der Waals surface area contributed by atoms with Gasteiger partial charge in [-0.3, -0.25) is 4.79 Å². The van der Waals surface area contributed by atoms with Crippen molar-refractivity contribution >= 4 is 5.91 Å². The van der Waals surface area contributed by atoms with Gasteiger partial charge in [-0.15, -0.1) is 5.10 Å². The van der Waals surface area contributed by atoms with Crippen molar-refractivity contribution < 1.29 is 4.79 Å². The number of hydrogen-bond acceptors (Lipinski definition) is 4. The van der Waals surface area contributed by atoms with Crippen molar-refractivity contribution in [3.63, 3.8) is 0 Å². The topological polar surface area (TPSA) is 63.9 Å². The molecule has 1 saturated carbocycles. The first-order valence-corrected chi connectivity index (χ1v) is 8.40. The third-order valence-electron chi connectivity index (χ3n) is 5.29. The van der Waals surface area contributed by atoms with Crippen LogP contribution in [0, 0.1) is 5.92 Å². The molecule has 1 aromatic carbocycles. The lowest BCUT2D eigenvalue weighted by atomic mass is 9.85. The summed E-state index contributed by atoms with van der Waals surface area (Å²) in [6.07, 6.45) is 7.65. The van der Waals surface area contributed by atoms with E-state index in [1.807, 2.05) is 24.3 Å². The molecule has 6 heteroatoms. The molecule has 2 aromatic rings. The van der Waals surface area contributed by atoms with Crippen molar-refractivity contribution in [3.8, 4) is 5.69 Å². The van der Waals surface area contributed by atoms with Gasteiger partial charge in [-0.2, -0.15) is 0 Å². The normalized spacial score (nSPS) is 27.0. The van der Waals surface area contributed by atoms with Crippen LogP contribution < -0.4 is 0 Å². The monoisotopic (exact) mass is 311 g/mol. The predicted octanol–water partition coefficient (Wildman–Crippen LogP) is 2.46. The molecule has 3 atom stereocenters. The van der Waals surface area contributed by atoms with Crippen LogP contribution in [0.15, 0.2) is 30.6 Å². The van der Waals surface area contributed by atoms with Gasteiger partial charge < -0.3 is 4.90 Å². The lowest BCUT2D eigenvalue weighted by Gasteiger charge is -2.33. The van der Waals surface area contributed by atoms with Crippen molar-refractivity contribution in [2.45, 2.75) is 51.1 Å². The number of carbonyl (C=O) groups is 1. The second kappa shape index (κ2) is 5.76. The van der Waals surface area contributed by atoms with E-state index in [2.05, 4.69) is 27.3 Å². The first-order chi connectivity index (χ1) is 11.2. The van der Waals surface area contributed by atoms with Crippen LogP contribution in [0.3, 0.4) is 0 Å². The summed E-state index contributed by atoms with van der Waals surface area (Å²) in [6.45, 7) is 2.18. The fraction of sp³-hybridized carbons (Fsp3) is 0.529. The van der Waals surface area contributed by atoms with Gasteiger partial charge in [0, 0.05) is 17.6 Å². The van der Waals surface area contributed by atoms with Gasteiger partial charge in [-0.05, 0) is 60.7 Å². The highest BCUT2D eigenvalue weighted by Gasteiger charge is 2.42. The minimum Gasteiger partial charge on any atom is -0.333 e. The van der Waals surface area contributed by atoms with Gasteiger partial charge in [-0.1, -0.05) is 18.9 Å².